The molecule has 1 aromatic rings. The number of ether oxygens (including phenoxy) is 1. The molecule has 0 aliphatic carbocycles. The van der Waals surface area contributed by atoms with Crippen molar-refractivity contribution in [3.05, 3.63) is 18.0 Å². The second-order valence-electron chi connectivity index (χ2n) is 5.02. The van der Waals surface area contributed by atoms with Crippen molar-refractivity contribution in [2.24, 2.45) is 17.6 Å². The molecular formula is C13H20N4O3. The van der Waals surface area contributed by atoms with E-state index in [1.807, 2.05) is 6.92 Å². The van der Waals surface area contributed by atoms with Crippen molar-refractivity contribution in [1.29, 1.82) is 0 Å². The summed E-state index contributed by atoms with van der Waals surface area (Å²) in [7, 11) is 1.58. The third kappa shape index (κ3) is 2.82. The van der Waals surface area contributed by atoms with Crippen LogP contribution >= 0.6 is 0 Å². The van der Waals surface area contributed by atoms with Gasteiger partial charge in [0.25, 0.3) is 5.91 Å². The Bertz CT molecular complexity index is 500. The maximum absolute atomic E-state index is 12.4. The van der Waals surface area contributed by atoms with E-state index in [4.69, 9.17) is 10.5 Å². The topological polar surface area (TPSA) is 90.5 Å². The molecule has 0 unspecified atom stereocenters. The van der Waals surface area contributed by atoms with Gasteiger partial charge in [-0.25, -0.2) is 0 Å². The van der Waals surface area contributed by atoms with Crippen LogP contribution in [0, 0.1) is 11.8 Å². The number of hydrogen-bond donors (Lipinski definition) is 1. The van der Waals surface area contributed by atoms with Gasteiger partial charge in [0.15, 0.2) is 0 Å². The number of aromatic nitrogens is 2. The summed E-state index contributed by atoms with van der Waals surface area (Å²) in [6.07, 6.45) is 3.26. The van der Waals surface area contributed by atoms with E-state index in [0.29, 0.717) is 31.8 Å². The van der Waals surface area contributed by atoms with Gasteiger partial charge in [-0.3, -0.25) is 14.3 Å². The number of rotatable bonds is 5. The van der Waals surface area contributed by atoms with Gasteiger partial charge >= 0.3 is 0 Å². The lowest BCUT2D eigenvalue weighted by Gasteiger charge is -2.14. The number of nitrogens with two attached hydrogens (primary N) is 1. The zero-order valence-corrected chi connectivity index (χ0v) is 11.8. The van der Waals surface area contributed by atoms with Gasteiger partial charge in [0.1, 0.15) is 0 Å². The first-order valence-corrected chi connectivity index (χ1v) is 6.66. The Labute approximate surface area is 117 Å². The first kappa shape index (κ1) is 14.5. The highest BCUT2D eigenvalue weighted by Crippen LogP contribution is 2.25. The van der Waals surface area contributed by atoms with E-state index < -0.39 is 0 Å². The molecule has 110 valence electrons. The summed E-state index contributed by atoms with van der Waals surface area (Å²) in [6.45, 7) is 3.92. The van der Waals surface area contributed by atoms with Crippen molar-refractivity contribution in [3.63, 3.8) is 0 Å². The molecule has 1 saturated heterocycles. The Morgan fingerprint density at radius 1 is 1.50 bits per heavy atom. The molecule has 7 heteroatoms. The van der Waals surface area contributed by atoms with Gasteiger partial charge in [-0.15, -0.1) is 0 Å². The van der Waals surface area contributed by atoms with Gasteiger partial charge in [-0.05, 0) is 6.92 Å². The third-order valence-electron chi connectivity index (χ3n) is 3.68. The zero-order chi connectivity index (χ0) is 14.7. The SMILES string of the molecule is CCn1cc(C(=O)N2C[C@@H](COC)[C@H](C(N)=O)C2)cn1. The molecule has 2 amide bonds. The second-order valence-corrected chi connectivity index (χ2v) is 5.02. The molecule has 1 aliphatic rings. The number of likely N-dealkylation sites (tertiary alicyclic amines) is 1. The molecule has 0 radical (unpaired) electrons. The lowest BCUT2D eigenvalue weighted by molar-refractivity contribution is -0.122. The number of nitrogens with zero attached hydrogens (tertiary/aromatic N) is 3. The van der Waals surface area contributed by atoms with Crippen molar-refractivity contribution < 1.29 is 14.3 Å². The number of hydrogen-bond acceptors (Lipinski definition) is 4. The lowest BCUT2D eigenvalue weighted by atomic mass is 9.96. The van der Waals surface area contributed by atoms with Gasteiger partial charge < -0.3 is 15.4 Å². The maximum atomic E-state index is 12.4. The molecule has 0 spiro atoms. The van der Waals surface area contributed by atoms with Crippen molar-refractivity contribution >= 4 is 11.8 Å². The van der Waals surface area contributed by atoms with Crippen LogP contribution in [-0.4, -0.2) is 53.3 Å². The van der Waals surface area contributed by atoms with Crippen molar-refractivity contribution in [1.82, 2.24) is 14.7 Å². The summed E-state index contributed by atoms with van der Waals surface area (Å²) in [6, 6.07) is 0. The van der Waals surface area contributed by atoms with Crippen molar-refractivity contribution in [2.45, 2.75) is 13.5 Å². The number of carbonyl (C=O) groups excluding carboxylic acids is 2. The zero-order valence-electron chi connectivity index (χ0n) is 11.8. The minimum atomic E-state index is -0.383. The van der Waals surface area contributed by atoms with Crippen LogP contribution < -0.4 is 5.73 Å². The van der Waals surface area contributed by atoms with E-state index in [0.717, 1.165) is 0 Å². The molecule has 0 saturated carbocycles. The first-order chi connectivity index (χ1) is 9.56. The van der Waals surface area contributed by atoms with Crippen LogP contribution in [0.1, 0.15) is 17.3 Å². The molecule has 1 aromatic heterocycles. The quantitative estimate of drug-likeness (QED) is 0.803. The highest BCUT2D eigenvalue weighted by Gasteiger charge is 2.38. The molecule has 2 heterocycles. The molecule has 0 aromatic carbocycles. The van der Waals surface area contributed by atoms with E-state index >= 15 is 0 Å². The highest BCUT2D eigenvalue weighted by atomic mass is 16.5. The molecule has 20 heavy (non-hydrogen) atoms. The largest absolute Gasteiger partial charge is 0.384 e. The summed E-state index contributed by atoms with van der Waals surface area (Å²) in [5, 5.41) is 4.09. The number of aryl methyl sites for hydroxylation is 1. The maximum Gasteiger partial charge on any atom is 0.257 e. The predicted molar refractivity (Wildman–Crippen MR) is 71.9 cm³/mol. The number of methoxy groups -OCH3 is 1. The Morgan fingerprint density at radius 2 is 2.25 bits per heavy atom. The van der Waals surface area contributed by atoms with Crippen LogP contribution in [0.3, 0.4) is 0 Å². The van der Waals surface area contributed by atoms with Crippen LogP contribution in [0.25, 0.3) is 0 Å². The molecule has 0 bridgehead atoms. The fourth-order valence-corrected chi connectivity index (χ4v) is 2.57. The fraction of sp³-hybridized carbons (Fsp3) is 0.615. The second kappa shape index (κ2) is 6.04. The molecular weight excluding hydrogens is 260 g/mol. The molecule has 1 fully saturated rings. The van der Waals surface area contributed by atoms with E-state index in [2.05, 4.69) is 5.10 Å². The normalized spacial score (nSPS) is 22.2. The third-order valence-corrected chi connectivity index (χ3v) is 3.68. The number of carbonyl (C=O) groups is 2. The Morgan fingerprint density at radius 3 is 2.80 bits per heavy atom. The Balaban J connectivity index is 2.09. The average Bonchev–Trinajstić information content (AvgIpc) is 3.04. The molecule has 2 N–H and O–H groups in total. The van der Waals surface area contributed by atoms with Gasteiger partial charge in [-0.2, -0.15) is 5.10 Å². The van der Waals surface area contributed by atoms with Gasteiger partial charge in [-0.1, -0.05) is 0 Å². The number of primary amides is 1. The summed E-state index contributed by atoms with van der Waals surface area (Å²) in [4.78, 5) is 25.5. The standard InChI is InChI=1S/C13H20N4O3/c1-3-17-6-9(4-15-17)13(19)16-5-10(8-20-2)11(7-16)12(14)18/h4,6,10-11H,3,5,7-8H2,1-2H3,(H2,14,18)/t10-,11+/m0/s1. The molecule has 2 atom stereocenters. The molecule has 1 aliphatic heterocycles. The summed E-state index contributed by atoms with van der Waals surface area (Å²) in [5.41, 5.74) is 5.93. The first-order valence-electron chi connectivity index (χ1n) is 6.66. The predicted octanol–water partition coefficient (Wildman–Crippen LogP) is -0.277. The summed E-state index contributed by atoms with van der Waals surface area (Å²) < 4.78 is 6.80. The highest BCUT2D eigenvalue weighted by molar-refractivity contribution is 5.94. The van der Waals surface area contributed by atoms with Crippen LogP contribution in [0.4, 0.5) is 0 Å². The van der Waals surface area contributed by atoms with E-state index in [9.17, 15) is 9.59 Å². The average molecular weight is 280 g/mol. The Kier molecular flexibility index (Phi) is 4.39. The smallest absolute Gasteiger partial charge is 0.257 e. The van der Waals surface area contributed by atoms with Crippen LogP contribution in [0.15, 0.2) is 12.4 Å². The van der Waals surface area contributed by atoms with Crippen molar-refractivity contribution in [2.75, 3.05) is 26.8 Å². The Hall–Kier alpha value is -1.89. The lowest BCUT2D eigenvalue weighted by Crippen LogP contribution is -2.32. The van der Waals surface area contributed by atoms with Crippen LogP contribution in [0.5, 0.6) is 0 Å². The van der Waals surface area contributed by atoms with Gasteiger partial charge in [0.05, 0.1) is 24.3 Å². The molecule has 2 rings (SSSR count). The van der Waals surface area contributed by atoms with Gasteiger partial charge in [0, 0.05) is 38.9 Å². The van der Waals surface area contributed by atoms with Crippen molar-refractivity contribution in [3.8, 4) is 0 Å². The minimum Gasteiger partial charge on any atom is -0.384 e. The van der Waals surface area contributed by atoms with E-state index in [-0.39, 0.29) is 23.7 Å². The van der Waals surface area contributed by atoms with Crippen LogP contribution in [0.2, 0.25) is 0 Å². The van der Waals surface area contributed by atoms with Gasteiger partial charge in [0.2, 0.25) is 5.91 Å². The monoisotopic (exact) mass is 280 g/mol. The van der Waals surface area contributed by atoms with Crippen LogP contribution in [-0.2, 0) is 16.1 Å². The minimum absolute atomic E-state index is 0.0392. The number of amides is 2. The van der Waals surface area contributed by atoms with E-state index in [1.165, 1.54) is 0 Å². The van der Waals surface area contributed by atoms with E-state index in [1.54, 1.807) is 29.1 Å². The fourth-order valence-electron chi connectivity index (χ4n) is 2.57. The summed E-state index contributed by atoms with van der Waals surface area (Å²) in [5.74, 6) is -0.885. The molecule has 7 nitrogen and oxygen atoms in total. The summed E-state index contributed by atoms with van der Waals surface area (Å²) >= 11 is 0.